The summed E-state index contributed by atoms with van der Waals surface area (Å²) in [6, 6.07) is 0. The number of aliphatic hydroxyl groups is 1. The normalized spacial score (nSPS) is 19.1. The number of anilines is 1. The van der Waals surface area contributed by atoms with E-state index < -0.39 is 11.5 Å². The van der Waals surface area contributed by atoms with Crippen LogP contribution in [0, 0.1) is 0 Å². The molecular weight excluding hydrogens is 288 g/mol. The van der Waals surface area contributed by atoms with Crippen LogP contribution in [0.3, 0.4) is 0 Å². The van der Waals surface area contributed by atoms with Gasteiger partial charge in [0.2, 0.25) is 11.9 Å². The van der Waals surface area contributed by atoms with Crippen LogP contribution in [0.25, 0.3) is 0 Å². The van der Waals surface area contributed by atoms with Gasteiger partial charge in [0.05, 0.1) is 4.47 Å². The number of carbonyl (C=O) groups is 1. The monoisotopic (exact) mass is 300 g/mol. The average Bonchev–Trinajstić information content (AvgIpc) is 2.31. The standard InChI is InChI=1S/C10H13BrN4O2/c11-7-5-13-9(14-6-7)15-3-1-10(17,2-4-15)8(12)16/h5-6,17H,1-4H2,(H2,12,16). The molecule has 0 atom stereocenters. The van der Waals surface area contributed by atoms with Crippen molar-refractivity contribution >= 4 is 27.8 Å². The summed E-state index contributed by atoms with van der Waals surface area (Å²) < 4.78 is 0.812. The van der Waals surface area contributed by atoms with Gasteiger partial charge in [-0.25, -0.2) is 9.97 Å². The number of primary amides is 1. The van der Waals surface area contributed by atoms with Crippen molar-refractivity contribution < 1.29 is 9.90 Å². The molecule has 0 aromatic carbocycles. The largest absolute Gasteiger partial charge is 0.380 e. The lowest BCUT2D eigenvalue weighted by atomic mass is 9.91. The molecule has 6 nitrogen and oxygen atoms in total. The Hall–Kier alpha value is -1.21. The molecule has 0 saturated carbocycles. The fraction of sp³-hybridized carbons (Fsp3) is 0.500. The maximum Gasteiger partial charge on any atom is 0.249 e. The first-order valence-corrected chi connectivity index (χ1v) is 6.05. The van der Waals surface area contributed by atoms with Gasteiger partial charge in [-0.2, -0.15) is 0 Å². The van der Waals surface area contributed by atoms with Gasteiger partial charge < -0.3 is 15.7 Å². The van der Waals surface area contributed by atoms with E-state index in [9.17, 15) is 9.90 Å². The Morgan fingerprint density at radius 1 is 1.41 bits per heavy atom. The molecule has 1 aromatic rings. The topological polar surface area (TPSA) is 92.3 Å². The van der Waals surface area contributed by atoms with E-state index in [1.807, 2.05) is 4.90 Å². The molecule has 0 radical (unpaired) electrons. The minimum absolute atomic E-state index is 0.307. The second kappa shape index (κ2) is 4.58. The summed E-state index contributed by atoms with van der Waals surface area (Å²) in [7, 11) is 0. The zero-order chi connectivity index (χ0) is 12.5. The molecule has 1 aromatic heterocycles. The molecule has 0 bridgehead atoms. The summed E-state index contributed by atoms with van der Waals surface area (Å²) in [5, 5.41) is 9.91. The zero-order valence-corrected chi connectivity index (χ0v) is 10.7. The number of aromatic nitrogens is 2. The second-order valence-electron chi connectivity index (χ2n) is 4.08. The first-order valence-electron chi connectivity index (χ1n) is 5.26. The quantitative estimate of drug-likeness (QED) is 0.805. The highest BCUT2D eigenvalue weighted by Gasteiger charge is 2.38. The van der Waals surface area contributed by atoms with Crippen molar-refractivity contribution in [3.63, 3.8) is 0 Å². The maximum absolute atomic E-state index is 11.1. The van der Waals surface area contributed by atoms with Crippen LogP contribution in [0.4, 0.5) is 5.95 Å². The van der Waals surface area contributed by atoms with Gasteiger partial charge in [0.15, 0.2) is 0 Å². The van der Waals surface area contributed by atoms with Crippen molar-refractivity contribution in [1.82, 2.24) is 9.97 Å². The summed E-state index contributed by atoms with van der Waals surface area (Å²) in [6.07, 6.45) is 3.94. The molecule has 92 valence electrons. The summed E-state index contributed by atoms with van der Waals surface area (Å²) >= 11 is 3.26. The van der Waals surface area contributed by atoms with Crippen LogP contribution in [0.5, 0.6) is 0 Å². The van der Waals surface area contributed by atoms with Gasteiger partial charge in [-0.3, -0.25) is 4.79 Å². The lowest BCUT2D eigenvalue weighted by molar-refractivity contribution is -0.138. The van der Waals surface area contributed by atoms with Gasteiger partial charge in [-0.1, -0.05) is 0 Å². The molecule has 1 aliphatic rings. The van der Waals surface area contributed by atoms with Gasteiger partial charge in [-0.05, 0) is 15.9 Å². The SMILES string of the molecule is NC(=O)C1(O)CCN(c2ncc(Br)cn2)CC1. The van der Waals surface area contributed by atoms with E-state index in [4.69, 9.17) is 5.73 Å². The van der Waals surface area contributed by atoms with Gasteiger partial charge in [0.1, 0.15) is 5.60 Å². The molecular formula is C10H13BrN4O2. The number of piperidine rings is 1. The second-order valence-corrected chi connectivity index (χ2v) is 5.00. The van der Waals surface area contributed by atoms with E-state index in [1.165, 1.54) is 0 Å². The summed E-state index contributed by atoms with van der Waals surface area (Å²) in [6.45, 7) is 1.03. The van der Waals surface area contributed by atoms with E-state index in [-0.39, 0.29) is 0 Å². The molecule has 1 amide bonds. The predicted molar refractivity (Wildman–Crippen MR) is 65.3 cm³/mol. The Kier molecular flexibility index (Phi) is 3.30. The average molecular weight is 301 g/mol. The van der Waals surface area contributed by atoms with Crippen LogP contribution in [0.2, 0.25) is 0 Å². The third kappa shape index (κ3) is 2.55. The Morgan fingerprint density at radius 3 is 2.41 bits per heavy atom. The molecule has 0 aliphatic carbocycles. The van der Waals surface area contributed by atoms with Crippen molar-refractivity contribution in [3.05, 3.63) is 16.9 Å². The van der Waals surface area contributed by atoms with Gasteiger partial charge in [0.25, 0.3) is 0 Å². The molecule has 1 saturated heterocycles. The van der Waals surface area contributed by atoms with Crippen molar-refractivity contribution in [2.75, 3.05) is 18.0 Å². The van der Waals surface area contributed by atoms with Crippen molar-refractivity contribution in [3.8, 4) is 0 Å². The Labute approximate surface area is 107 Å². The third-order valence-corrected chi connectivity index (χ3v) is 3.35. The molecule has 7 heteroatoms. The fourth-order valence-electron chi connectivity index (χ4n) is 1.79. The predicted octanol–water partition coefficient (Wildman–Crippen LogP) is 0.0557. The molecule has 1 fully saturated rings. The van der Waals surface area contributed by atoms with E-state index in [1.54, 1.807) is 12.4 Å². The number of carbonyl (C=O) groups excluding carboxylic acids is 1. The minimum atomic E-state index is -1.38. The van der Waals surface area contributed by atoms with Gasteiger partial charge in [0, 0.05) is 38.3 Å². The van der Waals surface area contributed by atoms with Crippen LogP contribution in [-0.4, -0.2) is 39.7 Å². The number of nitrogens with two attached hydrogens (primary N) is 1. The Bertz CT molecular complexity index is 415. The van der Waals surface area contributed by atoms with E-state index in [0.29, 0.717) is 31.9 Å². The fourth-order valence-corrected chi connectivity index (χ4v) is 2.00. The van der Waals surface area contributed by atoms with Crippen LogP contribution >= 0.6 is 15.9 Å². The lowest BCUT2D eigenvalue weighted by Crippen LogP contribution is -2.52. The number of rotatable bonds is 2. The van der Waals surface area contributed by atoms with Crippen LogP contribution in [0.15, 0.2) is 16.9 Å². The highest BCUT2D eigenvalue weighted by molar-refractivity contribution is 9.10. The third-order valence-electron chi connectivity index (χ3n) is 2.94. The van der Waals surface area contributed by atoms with Crippen LogP contribution in [-0.2, 0) is 4.79 Å². The highest BCUT2D eigenvalue weighted by atomic mass is 79.9. The molecule has 2 rings (SSSR count). The minimum Gasteiger partial charge on any atom is -0.380 e. The van der Waals surface area contributed by atoms with E-state index >= 15 is 0 Å². The number of hydrogen-bond acceptors (Lipinski definition) is 5. The van der Waals surface area contributed by atoms with Gasteiger partial charge >= 0.3 is 0 Å². The van der Waals surface area contributed by atoms with E-state index in [0.717, 1.165) is 4.47 Å². The number of hydrogen-bond donors (Lipinski definition) is 2. The van der Waals surface area contributed by atoms with Crippen molar-refractivity contribution in [2.45, 2.75) is 18.4 Å². The number of halogens is 1. The summed E-state index contributed by atoms with van der Waals surface area (Å²) in [4.78, 5) is 21.3. The molecule has 17 heavy (non-hydrogen) atoms. The lowest BCUT2D eigenvalue weighted by Gasteiger charge is -2.35. The van der Waals surface area contributed by atoms with Crippen LogP contribution < -0.4 is 10.6 Å². The van der Waals surface area contributed by atoms with Crippen LogP contribution in [0.1, 0.15) is 12.8 Å². The van der Waals surface area contributed by atoms with Crippen molar-refractivity contribution in [2.24, 2.45) is 5.73 Å². The molecule has 0 unspecified atom stereocenters. The Morgan fingerprint density at radius 2 is 1.94 bits per heavy atom. The summed E-state index contributed by atoms with van der Waals surface area (Å²) in [5.41, 5.74) is 3.78. The molecule has 0 spiro atoms. The number of amides is 1. The molecule has 1 aliphatic heterocycles. The zero-order valence-electron chi connectivity index (χ0n) is 9.14. The first-order chi connectivity index (χ1) is 8.01. The number of nitrogens with zero attached hydrogens (tertiary/aromatic N) is 3. The Balaban J connectivity index is 2.04. The van der Waals surface area contributed by atoms with Gasteiger partial charge in [-0.15, -0.1) is 0 Å². The summed E-state index contributed by atoms with van der Waals surface area (Å²) in [5.74, 6) is -0.0615. The first kappa shape index (κ1) is 12.3. The maximum atomic E-state index is 11.1. The molecule has 2 heterocycles. The smallest absolute Gasteiger partial charge is 0.249 e. The van der Waals surface area contributed by atoms with E-state index in [2.05, 4.69) is 25.9 Å². The molecule has 3 N–H and O–H groups in total. The van der Waals surface area contributed by atoms with Crippen molar-refractivity contribution in [1.29, 1.82) is 0 Å². The highest BCUT2D eigenvalue weighted by Crippen LogP contribution is 2.24.